The van der Waals surface area contributed by atoms with Crippen LogP contribution in [0.5, 0.6) is 0 Å². The second-order valence-corrected chi connectivity index (χ2v) is 9.46. The second kappa shape index (κ2) is 10.2. The van der Waals surface area contributed by atoms with Crippen molar-refractivity contribution in [3.05, 3.63) is 57.2 Å². The standard InChI is InChI=1S/C23H25Cl2N5OS/c1-3-29(4-2)10-5-6-20(31)30-11-9-16-19(13-30)32-23-21(16)22(26-14-27-23)28-15-7-8-17(24)18(25)12-15/h5-8,12,14H,3-4,9-11,13H2,1-2H3,(H,26,27,28). The van der Waals surface area contributed by atoms with E-state index in [4.69, 9.17) is 23.2 Å². The summed E-state index contributed by atoms with van der Waals surface area (Å²) in [4.78, 5) is 27.9. The first-order valence-electron chi connectivity index (χ1n) is 10.6. The maximum Gasteiger partial charge on any atom is 0.246 e. The van der Waals surface area contributed by atoms with E-state index < -0.39 is 0 Å². The number of benzene rings is 1. The van der Waals surface area contributed by atoms with Gasteiger partial charge in [0.2, 0.25) is 5.91 Å². The van der Waals surface area contributed by atoms with E-state index in [1.807, 2.05) is 17.0 Å². The molecule has 1 aromatic carbocycles. The number of rotatable bonds is 7. The van der Waals surface area contributed by atoms with E-state index in [2.05, 4.69) is 34.0 Å². The highest BCUT2D eigenvalue weighted by molar-refractivity contribution is 7.19. The van der Waals surface area contributed by atoms with Crippen molar-refractivity contribution in [1.82, 2.24) is 19.8 Å². The first-order chi connectivity index (χ1) is 15.5. The number of amides is 1. The van der Waals surface area contributed by atoms with E-state index in [-0.39, 0.29) is 5.91 Å². The molecule has 2 aromatic heterocycles. The Bertz CT molecular complexity index is 1160. The van der Waals surface area contributed by atoms with E-state index in [0.717, 1.165) is 52.7 Å². The molecule has 6 nitrogen and oxygen atoms in total. The lowest BCUT2D eigenvalue weighted by molar-refractivity contribution is -0.126. The smallest absolute Gasteiger partial charge is 0.246 e. The van der Waals surface area contributed by atoms with Crippen molar-refractivity contribution in [3.8, 4) is 0 Å². The summed E-state index contributed by atoms with van der Waals surface area (Å²) < 4.78 is 0. The van der Waals surface area contributed by atoms with Gasteiger partial charge in [-0.3, -0.25) is 4.79 Å². The molecular formula is C23H25Cl2N5OS. The van der Waals surface area contributed by atoms with Gasteiger partial charge in [-0.1, -0.05) is 43.1 Å². The van der Waals surface area contributed by atoms with Crippen molar-refractivity contribution >= 4 is 62.2 Å². The number of hydrogen-bond acceptors (Lipinski definition) is 6. The third-order valence-electron chi connectivity index (χ3n) is 5.65. The van der Waals surface area contributed by atoms with E-state index in [0.29, 0.717) is 23.1 Å². The summed E-state index contributed by atoms with van der Waals surface area (Å²) in [6, 6.07) is 5.40. The Morgan fingerprint density at radius 1 is 1.25 bits per heavy atom. The van der Waals surface area contributed by atoms with Gasteiger partial charge in [0, 0.05) is 29.7 Å². The van der Waals surface area contributed by atoms with Gasteiger partial charge in [-0.15, -0.1) is 11.3 Å². The van der Waals surface area contributed by atoms with Gasteiger partial charge in [-0.2, -0.15) is 0 Å². The molecule has 0 atom stereocenters. The van der Waals surface area contributed by atoms with Gasteiger partial charge in [-0.25, -0.2) is 9.97 Å². The number of nitrogens with one attached hydrogen (secondary N) is 1. The zero-order valence-electron chi connectivity index (χ0n) is 18.1. The van der Waals surface area contributed by atoms with Crippen LogP contribution in [0.4, 0.5) is 11.5 Å². The molecule has 0 unspecified atom stereocenters. The maximum atomic E-state index is 12.7. The van der Waals surface area contributed by atoms with Gasteiger partial charge in [0.1, 0.15) is 17.0 Å². The van der Waals surface area contributed by atoms with Crippen LogP contribution in [0, 0.1) is 0 Å². The van der Waals surface area contributed by atoms with Crippen LogP contribution in [0.2, 0.25) is 10.0 Å². The van der Waals surface area contributed by atoms with Gasteiger partial charge >= 0.3 is 0 Å². The van der Waals surface area contributed by atoms with Gasteiger partial charge in [0.25, 0.3) is 0 Å². The summed E-state index contributed by atoms with van der Waals surface area (Å²) in [7, 11) is 0. The third-order valence-corrected chi connectivity index (χ3v) is 7.51. The predicted molar refractivity (Wildman–Crippen MR) is 133 cm³/mol. The number of likely N-dealkylation sites (N-methyl/N-ethyl adjacent to an activating group) is 1. The summed E-state index contributed by atoms with van der Waals surface area (Å²) in [5.41, 5.74) is 2.02. The largest absolute Gasteiger partial charge is 0.340 e. The number of nitrogens with zero attached hydrogens (tertiary/aromatic N) is 4. The molecule has 3 heterocycles. The zero-order chi connectivity index (χ0) is 22.7. The molecular weight excluding hydrogens is 465 g/mol. The number of fused-ring (bicyclic) bond motifs is 3. The summed E-state index contributed by atoms with van der Waals surface area (Å²) in [5, 5.41) is 5.36. The Kier molecular flexibility index (Phi) is 7.30. The average molecular weight is 490 g/mol. The summed E-state index contributed by atoms with van der Waals surface area (Å²) in [6.45, 7) is 8.26. The molecule has 4 rings (SSSR count). The summed E-state index contributed by atoms with van der Waals surface area (Å²) >= 11 is 13.8. The number of halogens is 2. The Morgan fingerprint density at radius 3 is 2.81 bits per heavy atom. The lowest BCUT2D eigenvalue weighted by Gasteiger charge is -2.26. The molecule has 1 amide bonds. The Balaban J connectivity index is 1.53. The van der Waals surface area contributed by atoms with Gasteiger partial charge in [0.15, 0.2) is 0 Å². The molecule has 0 aliphatic carbocycles. The average Bonchev–Trinajstić information content (AvgIpc) is 3.18. The minimum absolute atomic E-state index is 0.0560. The van der Waals surface area contributed by atoms with E-state index >= 15 is 0 Å². The molecule has 0 fully saturated rings. The van der Waals surface area contributed by atoms with Crippen LogP contribution >= 0.6 is 34.5 Å². The molecule has 0 bridgehead atoms. The van der Waals surface area contributed by atoms with Crippen molar-refractivity contribution < 1.29 is 4.79 Å². The molecule has 0 saturated heterocycles. The van der Waals surface area contributed by atoms with Crippen LogP contribution in [-0.4, -0.2) is 51.9 Å². The Labute approximate surface area is 201 Å². The fraction of sp³-hybridized carbons (Fsp3) is 0.348. The lowest BCUT2D eigenvalue weighted by atomic mass is 10.0. The van der Waals surface area contributed by atoms with Crippen LogP contribution in [0.3, 0.4) is 0 Å². The van der Waals surface area contributed by atoms with Crippen molar-refractivity contribution in [2.75, 3.05) is 31.5 Å². The highest BCUT2D eigenvalue weighted by atomic mass is 35.5. The number of carbonyl (C=O) groups excluding carboxylic acids is 1. The Hall–Kier alpha value is -2.19. The highest BCUT2D eigenvalue weighted by Crippen LogP contribution is 2.38. The van der Waals surface area contributed by atoms with Crippen LogP contribution in [0.1, 0.15) is 24.3 Å². The molecule has 0 radical (unpaired) electrons. The quantitative estimate of drug-likeness (QED) is 0.442. The number of hydrogen-bond donors (Lipinski definition) is 1. The first kappa shape index (κ1) is 23.0. The summed E-state index contributed by atoms with van der Waals surface area (Å²) in [5.74, 6) is 0.797. The normalized spacial score (nSPS) is 13.8. The second-order valence-electron chi connectivity index (χ2n) is 7.56. The molecule has 1 aliphatic heterocycles. The van der Waals surface area contributed by atoms with Crippen LogP contribution < -0.4 is 5.32 Å². The molecule has 0 spiro atoms. The number of thiophene rings is 1. The predicted octanol–water partition coefficient (Wildman–Crippen LogP) is 5.52. The number of aromatic nitrogens is 2. The number of anilines is 2. The maximum absolute atomic E-state index is 12.7. The monoisotopic (exact) mass is 489 g/mol. The third kappa shape index (κ3) is 4.91. The van der Waals surface area contributed by atoms with E-state index in [1.54, 1.807) is 35.9 Å². The summed E-state index contributed by atoms with van der Waals surface area (Å²) in [6.07, 6.45) is 5.99. The molecule has 3 aromatic rings. The topological polar surface area (TPSA) is 61.4 Å². The molecule has 9 heteroatoms. The van der Waals surface area contributed by atoms with Crippen LogP contribution in [-0.2, 0) is 17.8 Å². The van der Waals surface area contributed by atoms with E-state index in [9.17, 15) is 4.79 Å². The number of carbonyl (C=O) groups is 1. The van der Waals surface area contributed by atoms with Gasteiger partial charge in [0.05, 0.1) is 22.0 Å². The van der Waals surface area contributed by atoms with Crippen LogP contribution in [0.15, 0.2) is 36.7 Å². The van der Waals surface area contributed by atoms with Crippen molar-refractivity contribution in [1.29, 1.82) is 0 Å². The van der Waals surface area contributed by atoms with Gasteiger partial charge in [-0.05, 0) is 43.3 Å². The van der Waals surface area contributed by atoms with Crippen molar-refractivity contribution in [2.24, 2.45) is 0 Å². The van der Waals surface area contributed by atoms with E-state index in [1.165, 1.54) is 5.56 Å². The first-order valence-corrected chi connectivity index (χ1v) is 12.2. The molecule has 32 heavy (non-hydrogen) atoms. The molecule has 0 saturated carbocycles. The minimum atomic E-state index is 0.0560. The fourth-order valence-corrected chi connectivity index (χ4v) is 5.31. The zero-order valence-corrected chi connectivity index (χ0v) is 20.4. The van der Waals surface area contributed by atoms with Crippen molar-refractivity contribution in [3.63, 3.8) is 0 Å². The van der Waals surface area contributed by atoms with Gasteiger partial charge < -0.3 is 15.1 Å². The van der Waals surface area contributed by atoms with Crippen molar-refractivity contribution in [2.45, 2.75) is 26.8 Å². The Morgan fingerprint density at radius 2 is 2.06 bits per heavy atom. The minimum Gasteiger partial charge on any atom is -0.340 e. The SMILES string of the molecule is CCN(CC)CC=CC(=O)N1CCc2c(sc3ncnc(Nc4ccc(Cl)c(Cl)c4)c23)C1. The molecule has 1 aliphatic rings. The van der Waals surface area contributed by atoms with Crippen LogP contribution in [0.25, 0.3) is 10.2 Å². The highest BCUT2D eigenvalue weighted by Gasteiger charge is 2.25. The molecule has 1 N–H and O–H groups in total. The molecule has 168 valence electrons. The fourth-order valence-electron chi connectivity index (χ4n) is 3.81. The lowest BCUT2D eigenvalue weighted by Crippen LogP contribution is -2.34.